The molecule has 23 heavy (non-hydrogen) atoms. The second-order valence-corrected chi connectivity index (χ2v) is 5.63. The van der Waals surface area contributed by atoms with Gasteiger partial charge in [-0.1, -0.05) is 30.0 Å². The Morgan fingerprint density at radius 1 is 1.22 bits per heavy atom. The summed E-state index contributed by atoms with van der Waals surface area (Å²) in [6.45, 7) is 1.53. The summed E-state index contributed by atoms with van der Waals surface area (Å²) in [6.07, 6.45) is 1.45. The van der Waals surface area contributed by atoms with Gasteiger partial charge in [-0.2, -0.15) is 0 Å². The van der Waals surface area contributed by atoms with Crippen LogP contribution < -0.4 is 11.2 Å². The minimum Gasteiger partial charge on any atom is -0.463 e. The van der Waals surface area contributed by atoms with Crippen LogP contribution in [0.5, 0.6) is 0 Å². The van der Waals surface area contributed by atoms with Gasteiger partial charge in [-0.25, -0.2) is 4.79 Å². The van der Waals surface area contributed by atoms with Gasteiger partial charge in [0.15, 0.2) is 0 Å². The zero-order valence-electron chi connectivity index (χ0n) is 12.5. The van der Waals surface area contributed by atoms with Gasteiger partial charge in [0.05, 0.1) is 11.5 Å². The molecule has 0 aliphatic carbocycles. The standard InChI is InChI=1S/C15H16N2O5S/c1-11(18)22-8-7-21-10-17-9-13(14(19)16-15(17)20)23-12-5-3-2-4-6-12/h2-6,9H,7-8,10H2,1H3,(H,16,19,20). The van der Waals surface area contributed by atoms with E-state index in [2.05, 4.69) is 4.98 Å². The number of hydrogen-bond acceptors (Lipinski definition) is 6. The molecule has 0 saturated heterocycles. The van der Waals surface area contributed by atoms with Gasteiger partial charge in [0.1, 0.15) is 13.3 Å². The van der Waals surface area contributed by atoms with Crippen LogP contribution in [-0.4, -0.2) is 28.7 Å². The highest BCUT2D eigenvalue weighted by Crippen LogP contribution is 2.23. The minimum atomic E-state index is -0.556. The zero-order chi connectivity index (χ0) is 16.7. The molecular weight excluding hydrogens is 320 g/mol. The van der Waals surface area contributed by atoms with Crippen molar-refractivity contribution in [2.75, 3.05) is 13.2 Å². The van der Waals surface area contributed by atoms with E-state index in [4.69, 9.17) is 9.47 Å². The summed E-state index contributed by atoms with van der Waals surface area (Å²) in [6, 6.07) is 9.35. The van der Waals surface area contributed by atoms with Gasteiger partial charge in [-0.3, -0.25) is 19.1 Å². The molecule has 0 aliphatic heterocycles. The van der Waals surface area contributed by atoms with Crippen LogP contribution in [0.15, 0.2) is 55.9 Å². The summed E-state index contributed by atoms with van der Waals surface area (Å²) >= 11 is 1.26. The summed E-state index contributed by atoms with van der Waals surface area (Å²) in [7, 11) is 0. The number of carbonyl (C=O) groups excluding carboxylic acids is 1. The first-order valence-corrected chi connectivity index (χ1v) is 7.65. The molecule has 0 fully saturated rings. The molecule has 2 aromatic rings. The van der Waals surface area contributed by atoms with Crippen molar-refractivity contribution < 1.29 is 14.3 Å². The average Bonchev–Trinajstić information content (AvgIpc) is 2.52. The Labute approximate surface area is 136 Å². The number of H-pyrrole nitrogens is 1. The summed E-state index contributed by atoms with van der Waals surface area (Å²) in [4.78, 5) is 37.7. The Morgan fingerprint density at radius 2 is 1.96 bits per heavy atom. The summed E-state index contributed by atoms with van der Waals surface area (Å²) in [5, 5.41) is 0. The second kappa shape index (κ2) is 8.35. The van der Waals surface area contributed by atoms with E-state index < -0.39 is 17.2 Å². The smallest absolute Gasteiger partial charge is 0.330 e. The maximum absolute atomic E-state index is 11.9. The topological polar surface area (TPSA) is 90.4 Å². The first-order valence-electron chi connectivity index (χ1n) is 6.84. The van der Waals surface area contributed by atoms with Crippen LogP contribution >= 0.6 is 11.8 Å². The van der Waals surface area contributed by atoms with Crippen molar-refractivity contribution in [3.63, 3.8) is 0 Å². The van der Waals surface area contributed by atoms with E-state index in [0.717, 1.165) is 4.90 Å². The molecule has 1 N–H and O–H groups in total. The predicted molar refractivity (Wildman–Crippen MR) is 84.5 cm³/mol. The fraction of sp³-hybridized carbons (Fsp3) is 0.267. The maximum atomic E-state index is 11.9. The monoisotopic (exact) mass is 336 g/mol. The lowest BCUT2D eigenvalue weighted by atomic mass is 10.4. The van der Waals surface area contributed by atoms with Crippen molar-refractivity contribution in [1.82, 2.24) is 9.55 Å². The van der Waals surface area contributed by atoms with Crippen LogP contribution in [-0.2, 0) is 21.0 Å². The molecule has 0 unspecified atom stereocenters. The van der Waals surface area contributed by atoms with Crippen LogP contribution in [0.25, 0.3) is 0 Å². The number of nitrogens with zero attached hydrogens (tertiary/aromatic N) is 1. The van der Waals surface area contributed by atoms with E-state index >= 15 is 0 Å². The summed E-state index contributed by atoms with van der Waals surface area (Å²) < 4.78 is 11.2. The molecular formula is C15H16N2O5S. The van der Waals surface area contributed by atoms with Gasteiger partial charge in [0.25, 0.3) is 5.56 Å². The number of esters is 1. The summed E-state index contributed by atoms with van der Waals surface area (Å²) in [5.41, 5.74) is -1.00. The van der Waals surface area contributed by atoms with E-state index in [-0.39, 0.29) is 19.9 Å². The fourth-order valence-electron chi connectivity index (χ4n) is 1.68. The van der Waals surface area contributed by atoms with Gasteiger partial charge in [-0.15, -0.1) is 0 Å². The molecule has 2 rings (SSSR count). The molecule has 1 aromatic heterocycles. The number of benzene rings is 1. The highest BCUT2D eigenvalue weighted by atomic mass is 32.2. The Kier molecular flexibility index (Phi) is 6.19. The fourth-order valence-corrected chi connectivity index (χ4v) is 2.55. The SMILES string of the molecule is CC(=O)OCCOCn1cc(Sc2ccccc2)c(=O)[nH]c1=O. The Morgan fingerprint density at radius 3 is 2.65 bits per heavy atom. The third-order valence-corrected chi connectivity index (χ3v) is 3.73. The van der Waals surface area contributed by atoms with Gasteiger partial charge < -0.3 is 9.47 Å². The maximum Gasteiger partial charge on any atom is 0.330 e. The van der Waals surface area contributed by atoms with Crippen LogP contribution in [0.3, 0.4) is 0 Å². The number of aromatic nitrogens is 2. The van der Waals surface area contributed by atoms with Crippen molar-refractivity contribution in [3.05, 3.63) is 57.4 Å². The molecule has 0 atom stereocenters. The molecule has 0 bridgehead atoms. The first-order chi connectivity index (χ1) is 11.1. The quantitative estimate of drug-likeness (QED) is 0.604. The van der Waals surface area contributed by atoms with Gasteiger partial charge >= 0.3 is 11.7 Å². The van der Waals surface area contributed by atoms with Crippen molar-refractivity contribution in [2.45, 2.75) is 23.4 Å². The minimum absolute atomic E-state index is 0.0424. The predicted octanol–water partition coefficient (Wildman–Crippen LogP) is 1.22. The normalized spacial score (nSPS) is 10.5. The van der Waals surface area contributed by atoms with Crippen molar-refractivity contribution in [3.8, 4) is 0 Å². The molecule has 0 amide bonds. The first kappa shape index (κ1) is 17.0. The van der Waals surface area contributed by atoms with Gasteiger partial charge in [0.2, 0.25) is 0 Å². The number of nitrogens with one attached hydrogen (secondary N) is 1. The third-order valence-electron chi connectivity index (χ3n) is 2.71. The molecule has 1 heterocycles. The molecule has 0 saturated carbocycles. The zero-order valence-corrected chi connectivity index (χ0v) is 13.3. The molecule has 8 heteroatoms. The van der Waals surface area contributed by atoms with E-state index in [1.807, 2.05) is 30.3 Å². The van der Waals surface area contributed by atoms with Crippen molar-refractivity contribution in [1.29, 1.82) is 0 Å². The average molecular weight is 336 g/mol. The Bertz CT molecular complexity index is 769. The van der Waals surface area contributed by atoms with E-state index in [1.165, 1.54) is 29.4 Å². The lowest BCUT2D eigenvalue weighted by Gasteiger charge is -2.08. The Balaban J connectivity index is 2.03. The van der Waals surface area contributed by atoms with Gasteiger partial charge in [-0.05, 0) is 12.1 Å². The number of aromatic amines is 1. The Hall–Kier alpha value is -2.32. The number of ether oxygens (including phenoxy) is 2. The molecule has 122 valence electrons. The van der Waals surface area contributed by atoms with Crippen molar-refractivity contribution in [2.24, 2.45) is 0 Å². The number of carbonyl (C=O) groups is 1. The largest absolute Gasteiger partial charge is 0.463 e. The van der Waals surface area contributed by atoms with E-state index in [9.17, 15) is 14.4 Å². The van der Waals surface area contributed by atoms with E-state index in [1.54, 1.807) is 0 Å². The van der Waals surface area contributed by atoms with Crippen LogP contribution in [0.1, 0.15) is 6.92 Å². The molecule has 1 aromatic carbocycles. The lowest BCUT2D eigenvalue weighted by molar-refractivity contribution is -0.142. The highest BCUT2D eigenvalue weighted by molar-refractivity contribution is 7.99. The number of rotatable bonds is 7. The van der Waals surface area contributed by atoms with Crippen molar-refractivity contribution >= 4 is 17.7 Å². The van der Waals surface area contributed by atoms with Gasteiger partial charge in [0, 0.05) is 18.0 Å². The molecule has 0 spiro atoms. The number of hydrogen-bond donors (Lipinski definition) is 1. The van der Waals surface area contributed by atoms with Crippen LogP contribution in [0.4, 0.5) is 0 Å². The molecule has 7 nitrogen and oxygen atoms in total. The second-order valence-electron chi connectivity index (χ2n) is 4.51. The highest BCUT2D eigenvalue weighted by Gasteiger charge is 2.07. The summed E-state index contributed by atoms with van der Waals surface area (Å²) in [5.74, 6) is -0.392. The van der Waals surface area contributed by atoms with Crippen LogP contribution in [0.2, 0.25) is 0 Å². The van der Waals surface area contributed by atoms with E-state index in [0.29, 0.717) is 4.90 Å². The molecule has 0 radical (unpaired) electrons. The third kappa shape index (κ3) is 5.42. The molecule has 0 aliphatic rings. The lowest BCUT2D eigenvalue weighted by Crippen LogP contribution is -2.31. The van der Waals surface area contributed by atoms with Crippen LogP contribution in [0, 0.1) is 0 Å².